The number of nitrogens with zero attached hydrogens (tertiary/aromatic N) is 8. The van der Waals surface area contributed by atoms with Crippen LogP contribution < -0.4 is 15.4 Å². The minimum Gasteiger partial charge on any atom is -0.508 e. The van der Waals surface area contributed by atoms with Crippen molar-refractivity contribution in [3.63, 3.8) is 0 Å². The van der Waals surface area contributed by atoms with Crippen LogP contribution >= 0.6 is 39.1 Å². The summed E-state index contributed by atoms with van der Waals surface area (Å²) in [5.41, 5.74) is 1.43. The van der Waals surface area contributed by atoms with E-state index in [0.717, 1.165) is 45.5 Å². The van der Waals surface area contributed by atoms with E-state index >= 15 is 0 Å². The second kappa shape index (κ2) is 21.9. The largest absolute Gasteiger partial charge is 0.508 e. The summed E-state index contributed by atoms with van der Waals surface area (Å²) in [4.78, 5) is 14.2. The van der Waals surface area contributed by atoms with Gasteiger partial charge in [-0.2, -0.15) is 0 Å². The van der Waals surface area contributed by atoms with Crippen LogP contribution in [0.25, 0.3) is 33.4 Å². The Morgan fingerprint density at radius 2 is 1.15 bits per heavy atom. The van der Waals surface area contributed by atoms with Crippen molar-refractivity contribution in [1.82, 2.24) is 39.3 Å². The van der Waals surface area contributed by atoms with E-state index in [1.165, 1.54) is 71.2 Å². The smallest absolute Gasteiger partial charge is 0.155 e. The van der Waals surface area contributed by atoms with Crippen LogP contribution in [0.1, 0.15) is 66.2 Å². The van der Waals surface area contributed by atoms with Crippen LogP contribution in [0.4, 0.5) is 11.6 Å². The Morgan fingerprint density at radius 1 is 0.661 bits per heavy atom. The van der Waals surface area contributed by atoms with Gasteiger partial charge in [-0.05, 0) is 104 Å². The number of hydrogen-bond donors (Lipinski definition) is 3. The fraction of sp³-hybridized carbons (Fsp3) is 0.455. The van der Waals surface area contributed by atoms with Gasteiger partial charge in [0.1, 0.15) is 29.7 Å². The zero-order valence-corrected chi connectivity index (χ0v) is 37.6. The van der Waals surface area contributed by atoms with Crippen molar-refractivity contribution < 1.29 is 9.84 Å². The predicted molar refractivity (Wildman–Crippen MR) is 247 cm³/mol. The normalized spacial score (nSPS) is 14.9. The maximum atomic E-state index is 9.57. The summed E-state index contributed by atoms with van der Waals surface area (Å²) >= 11 is 16.2. The highest BCUT2D eigenvalue weighted by atomic mass is 79.9. The molecular formula is C44H57BrCl2N10O2. The molecule has 0 radical (unpaired) electrons. The van der Waals surface area contributed by atoms with E-state index in [-0.39, 0.29) is 5.75 Å². The van der Waals surface area contributed by atoms with Crippen LogP contribution in [0.5, 0.6) is 11.5 Å². The van der Waals surface area contributed by atoms with Crippen LogP contribution in [0.3, 0.4) is 0 Å². The summed E-state index contributed by atoms with van der Waals surface area (Å²) < 4.78 is 9.38. The van der Waals surface area contributed by atoms with Crippen molar-refractivity contribution in [3.8, 4) is 23.1 Å². The number of anilines is 2. The van der Waals surface area contributed by atoms with E-state index in [0.29, 0.717) is 45.9 Å². The molecular weight excluding hydrogens is 851 g/mol. The lowest BCUT2D eigenvalue weighted by atomic mass is 10.1. The summed E-state index contributed by atoms with van der Waals surface area (Å²) in [6.07, 6.45) is 11.9. The van der Waals surface area contributed by atoms with Crippen molar-refractivity contribution in [3.05, 3.63) is 83.1 Å². The molecule has 8 rings (SSSR count). The standard InChI is InChI=1S/C22H28ClN5O.C15H15ClN4O.C7H14BrN/c1-16(2)24-21-8-11-28(26-21)22-15-19(23)18-7-6-17(14-20(18)25-22)29-13-12-27-9-4-3-5-10-27;1-9(2)17-14-5-6-20(19-14)15-8-12(16)11-4-3-10(21)7-13(11)18-15;8-4-7-9-5-2-1-3-6-9/h6-8,11,14-16H,3-5,9-10,12-13H2,1-2H3,(H,24,26);3-9,21H,1-2H3,(H,17,19);1-7H2. The number of halogens is 3. The number of pyridine rings is 2. The highest BCUT2D eigenvalue weighted by molar-refractivity contribution is 9.09. The zero-order chi connectivity index (χ0) is 41.7. The first-order chi connectivity index (χ1) is 28.5. The van der Waals surface area contributed by atoms with Crippen LogP contribution in [-0.2, 0) is 0 Å². The number of nitrogens with one attached hydrogen (secondary N) is 2. The number of fused-ring (bicyclic) bond motifs is 2. The monoisotopic (exact) mass is 906 g/mol. The molecule has 0 saturated carbocycles. The van der Waals surface area contributed by atoms with E-state index in [1.807, 2.05) is 62.6 Å². The van der Waals surface area contributed by atoms with Gasteiger partial charge in [-0.3, -0.25) is 4.90 Å². The molecule has 59 heavy (non-hydrogen) atoms. The maximum absolute atomic E-state index is 9.57. The first kappa shape index (κ1) is 44.4. The molecule has 2 aromatic carbocycles. The molecule has 4 aromatic heterocycles. The molecule has 0 unspecified atom stereocenters. The SMILES string of the molecule is BrCCN1CCCCC1.CC(C)Nc1ccn(-c2cc(Cl)c3ccc(O)cc3n2)n1.CC(C)Nc1ccn(-c2cc(Cl)c3ccc(OCCN4CCCCC4)cc3n2)n1. The molecule has 316 valence electrons. The third-order valence-corrected chi connectivity index (χ3v) is 10.9. The number of benzene rings is 2. The predicted octanol–water partition coefficient (Wildman–Crippen LogP) is 10.2. The molecule has 0 amide bonds. The number of alkyl halides is 1. The Balaban J connectivity index is 0.000000169. The lowest BCUT2D eigenvalue weighted by Gasteiger charge is -2.26. The number of hydrogen-bond acceptors (Lipinski definition) is 10. The Labute approximate surface area is 366 Å². The quantitative estimate of drug-likeness (QED) is 0.102. The number of rotatable bonds is 12. The molecule has 0 bridgehead atoms. The average Bonchev–Trinajstić information content (AvgIpc) is 3.88. The average molecular weight is 909 g/mol. The third kappa shape index (κ3) is 13.2. The van der Waals surface area contributed by atoms with Gasteiger partial charge in [-0.1, -0.05) is 52.0 Å². The summed E-state index contributed by atoms with van der Waals surface area (Å²) in [5, 5.41) is 29.1. The molecule has 0 atom stereocenters. The molecule has 0 aliphatic carbocycles. The van der Waals surface area contributed by atoms with E-state index < -0.39 is 0 Å². The van der Waals surface area contributed by atoms with Crippen LogP contribution in [0, 0.1) is 0 Å². The van der Waals surface area contributed by atoms with E-state index in [9.17, 15) is 5.11 Å². The highest BCUT2D eigenvalue weighted by Crippen LogP contribution is 2.29. The second-order valence-electron chi connectivity index (χ2n) is 15.5. The van der Waals surface area contributed by atoms with Crippen LogP contribution in [0.15, 0.2) is 73.1 Å². The summed E-state index contributed by atoms with van der Waals surface area (Å²) in [6.45, 7) is 16.1. The fourth-order valence-corrected chi connectivity index (χ4v) is 8.08. The van der Waals surface area contributed by atoms with Gasteiger partial charge in [-0.25, -0.2) is 19.3 Å². The molecule has 12 nitrogen and oxygen atoms in total. The zero-order valence-electron chi connectivity index (χ0n) is 34.5. The fourth-order valence-electron chi connectivity index (χ4n) is 7.07. The van der Waals surface area contributed by atoms with Gasteiger partial charge in [-0.15, -0.1) is 10.2 Å². The maximum Gasteiger partial charge on any atom is 0.155 e. The number of likely N-dealkylation sites (tertiary alicyclic amines) is 2. The Morgan fingerprint density at radius 3 is 1.66 bits per heavy atom. The molecule has 0 spiro atoms. The lowest BCUT2D eigenvalue weighted by Crippen LogP contribution is -2.33. The lowest BCUT2D eigenvalue weighted by molar-refractivity contribution is 0.183. The van der Waals surface area contributed by atoms with Gasteiger partial charge < -0.3 is 25.4 Å². The summed E-state index contributed by atoms with van der Waals surface area (Å²) in [5.74, 6) is 3.86. The minimum atomic E-state index is 0.158. The summed E-state index contributed by atoms with van der Waals surface area (Å²) in [7, 11) is 0. The third-order valence-electron chi connectivity index (χ3n) is 9.94. The van der Waals surface area contributed by atoms with Gasteiger partial charge in [0, 0.05) is 90.1 Å². The molecule has 6 heterocycles. The molecule has 6 aromatic rings. The number of phenolic OH excluding ortho intramolecular Hbond substituents is 1. The minimum absolute atomic E-state index is 0.158. The van der Waals surface area contributed by atoms with Gasteiger partial charge in [0.15, 0.2) is 11.6 Å². The molecule has 15 heteroatoms. The number of aromatic hydroxyl groups is 1. The Hall–Kier alpha value is -4.14. The van der Waals surface area contributed by atoms with Crippen LogP contribution in [-0.4, -0.2) is 108 Å². The van der Waals surface area contributed by atoms with Gasteiger partial charge >= 0.3 is 0 Å². The van der Waals surface area contributed by atoms with E-state index in [2.05, 4.69) is 65.4 Å². The second-order valence-corrected chi connectivity index (χ2v) is 17.1. The van der Waals surface area contributed by atoms with Crippen molar-refractivity contribution in [2.24, 2.45) is 0 Å². The number of piperidine rings is 2. The Kier molecular flexibility index (Phi) is 16.5. The number of aromatic nitrogens is 6. The topological polar surface area (TPSA) is 121 Å². The molecule has 2 aliphatic rings. The Bertz CT molecular complexity index is 2230. The van der Waals surface area contributed by atoms with Gasteiger partial charge in [0.2, 0.25) is 0 Å². The number of ether oxygens (including phenoxy) is 1. The van der Waals surface area contributed by atoms with E-state index in [4.69, 9.17) is 32.9 Å². The van der Waals surface area contributed by atoms with Crippen molar-refractivity contribution in [2.75, 3.05) is 61.8 Å². The number of phenols is 1. The molecule has 2 saturated heterocycles. The van der Waals surface area contributed by atoms with Crippen molar-refractivity contribution >= 4 is 72.6 Å². The van der Waals surface area contributed by atoms with Gasteiger partial charge in [0.25, 0.3) is 0 Å². The highest BCUT2D eigenvalue weighted by Gasteiger charge is 2.13. The molecule has 2 fully saturated rings. The van der Waals surface area contributed by atoms with Crippen LogP contribution in [0.2, 0.25) is 10.0 Å². The van der Waals surface area contributed by atoms with Crippen molar-refractivity contribution in [1.29, 1.82) is 0 Å². The summed E-state index contributed by atoms with van der Waals surface area (Å²) in [6, 6.07) is 18.8. The van der Waals surface area contributed by atoms with Gasteiger partial charge in [0.05, 0.1) is 21.1 Å². The van der Waals surface area contributed by atoms with E-state index in [1.54, 1.807) is 33.6 Å². The molecule has 3 N–H and O–H groups in total. The molecule has 2 aliphatic heterocycles. The van der Waals surface area contributed by atoms with Crippen molar-refractivity contribution in [2.45, 2.75) is 78.3 Å². The first-order valence-corrected chi connectivity index (χ1v) is 22.6. The first-order valence-electron chi connectivity index (χ1n) is 20.7.